The molecule has 3 atom stereocenters. The van der Waals surface area contributed by atoms with Crippen LogP contribution < -0.4 is 5.32 Å². The van der Waals surface area contributed by atoms with Crippen LogP contribution in [0.2, 0.25) is 0 Å². The van der Waals surface area contributed by atoms with Gasteiger partial charge in [0.1, 0.15) is 0 Å². The van der Waals surface area contributed by atoms with E-state index in [2.05, 4.69) is 5.32 Å². The molecule has 0 aliphatic carbocycles. The molecule has 3 aliphatic heterocycles. The van der Waals surface area contributed by atoms with Crippen LogP contribution >= 0.6 is 0 Å². The maximum absolute atomic E-state index is 5.13. The quantitative estimate of drug-likeness (QED) is 0.403. The molecule has 0 aromatic carbocycles. The second kappa shape index (κ2) is 0.823. The molecule has 1 N–H and O–H groups in total. The van der Waals surface area contributed by atoms with Crippen LogP contribution in [0.1, 0.15) is 0 Å². The van der Waals surface area contributed by atoms with Crippen molar-refractivity contribution in [2.45, 2.75) is 12.1 Å². The summed E-state index contributed by atoms with van der Waals surface area (Å²) in [5.74, 6) is -0.266. The van der Waals surface area contributed by atoms with Crippen molar-refractivity contribution in [3.8, 4) is 0 Å². The number of nitrogens with one attached hydrogen (secondary N) is 1. The van der Waals surface area contributed by atoms with Gasteiger partial charge in [0.2, 0.25) is 0 Å². The molecule has 0 radical (unpaired) electrons. The van der Waals surface area contributed by atoms with Crippen LogP contribution in [0.3, 0.4) is 0 Å². The number of nitrogens with zero attached hydrogens (tertiary/aromatic N) is 1. The summed E-state index contributed by atoms with van der Waals surface area (Å²) in [4.78, 5) is 5.09. The summed E-state index contributed by atoms with van der Waals surface area (Å²) in [6.45, 7) is 1.93. The van der Waals surface area contributed by atoms with Gasteiger partial charge in [-0.2, -0.15) is 0 Å². The fourth-order valence-corrected chi connectivity index (χ4v) is 1.20. The van der Waals surface area contributed by atoms with E-state index in [1.165, 1.54) is 0 Å². The van der Waals surface area contributed by atoms with E-state index in [1.54, 1.807) is 0 Å². The van der Waals surface area contributed by atoms with E-state index >= 15 is 0 Å². The molecule has 0 aromatic heterocycles. The summed E-state index contributed by atoms with van der Waals surface area (Å²) in [5, 5.41) is 5.02. The van der Waals surface area contributed by atoms with Crippen LogP contribution in [-0.2, 0) is 9.57 Å². The van der Waals surface area contributed by atoms with Gasteiger partial charge in [0.15, 0.2) is 6.23 Å². The first-order chi connectivity index (χ1) is 3.92. The third kappa shape index (κ3) is 0.241. The number of hydrogen-bond acceptors (Lipinski definition) is 4. The third-order valence-electron chi connectivity index (χ3n) is 1.76. The second-order valence-electron chi connectivity index (χ2n) is 2.28. The van der Waals surface area contributed by atoms with Crippen LogP contribution in [0.25, 0.3) is 0 Å². The number of piperazine rings is 1. The minimum atomic E-state index is -0.266. The van der Waals surface area contributed by atoms with Crippen molar-refractivity contribution in [3.63, 3.8) is 0 Å². The molecule has 8 heavy (non-hydrogen) atoms. The molecule has 3 heterocycles. The van der Waals surface area contributed by atoms with Crippen molar-refractivity contribution in [2.75, 3.05) is 13.1 Å². The Labute approximate surface area is 46.3 Å². The van der Waals surface area contributed by atoms with E-state index < -0.39 is 0 Å². The molecular formula is C4H6N2O2. The normalized spacial score (nSPS) is 66.0. The van der Waals surface area contributed by atoms with Gasteiger partial charge in [0.25, 0.3) is 0 Å². The number of rotatable bonds is 0. The fraction of sp³-hybridized carbons (Fsp3) is 1.00. The van der Waals surface area contributed by atoms with E-state index in [1.807, 2.05) is 5.06 Å². The summed E-state index contributed by atoms with van der Waals surface area (Å²) in [6, 6.07) is 0. The summed E-state index contributed by atoms with van der Waals surface area (Å²) in [7, 11) is 0. The zero-order chi connectivity index (χ0) is 5.19. The van der Waals surface area contributed by atoms with Crippen molar-refractivity contribution < 1.29 is 9.57 Å². The van der Waals surface area contributed by atoms with Crippen molar-refractivity contribution in [3.05, 3.63) is 0 Å². The molecule has 0 bridgehead atoms. The lowest BCUT2D eigenvalue weighted by Crippen LogP contribution is -2.33. The predicted molar refractivity (Wildman–Crippen MR) is 23.4 cm³/mol. The average Bonchev–Trinajstić information content (AvgIpc) is 2.45. The zero-order valence-corrected chi connectivity index (χ0v) is 4.26. The molecule has 3 fully saturated rings. The standard InChI is InChI=1S/C4H6N2O2/c1-2-6-4(8-6)3(5-1)7-4/h3,5H,1-2H2. The van der Waals surface area contributed by atoms with Crippen molar-refractivity contribution in [1.82, 2.24) is 10.4 Å². The van der Waals surface area contributed by atoms with Gasteiger partial charge in [-0.25, -0.2) is 4.84 Å². The molecule has 1 spiro atoms. The van der Waals surface area contributed by atoms with Crippen molar-refractivity contribution in [2.24, 2.45) is 0 Å². The van der Waals surface area contributed by atoms with Gasteiger partial charge in [-0.3, -0.25) is 5.32 Å². The highest BCUT2D eigenvalue weighted by atomic mass is 17.0. The lowest BCUT2D eigenvalue weighted by Gasteiger charge is -2.00. The highest BCUT2D eigenvalue weighted by molar-refractivity contribution is 5.01. The molecule has 3 saturated heterocycles. The molecule has 0 aromatic rings. The maximum atomic E-state index is 5.13. The Bertz CT molecular complexity index is 129. The van der Waals surface area contributed by atoms with Gasteiger partial charge >= 0.3 is 5.91 Å². The van der Waals surface area contributed by atoms with Crippen LogP contribution in [0.5, 0.6) is 0 Å². The molecular weight excluding hydrogens is 108 g/mol. The first-order valence-electron chi connectivity index (χ1n) is 2.80. The molecule has 3 aliphatic rings. The lowest BCUT2D eigenvalue weighted by molar-refractivity contribution is 0.184. The van der Waals surface area contributed by atoms with Crippen molar-refractivity contribution >= 4 is 0 Å². The first-order valence-corrected chi connectivity index (χ1v) is 2.80. The Morgan fingerprint density at radius 1 is 1.75 bits per heavy atom. The van der Waals surface area contributed by atoms with E-state index in [0.29, 0.717) is 0 Å². The maximum Gasteiger partial charge on any atom is 0.312 e. The molecule has 3 rings (SSSR count). The van der Waals surface area contributed by atoms with E-state index in [9.17, 15) is 0 Å². The molecule has 4 heteroatoms. The topological polar surface area (TPSA) is 40.1 Å². The summed E-state index contributed by atoms with van der Waals surface area (Å²) in [5.41, 5.74) is 0. The van der Waals surface area contributed by atoms with E-state index in [4.69, 9.17) is 9.57 Å². The lowest BCUT2D eigenvalue weighted by atomic mass is 10.4. The first kappa shape index (κ1) is 3.79. The van der Waals surface area contributed by atoms with E-state index in [-0.39, 0.29) is 12.1 Å². The number of ether oxygens (including phenoxy) is 1. The Balaban J connectivity index is 1.95. The van der Waals surface area contributed by atoms with E-state index in [0.717, 1.165) is 13.1 Å². The van der Waals surface area contributed by atoms with Gasteiger partial charge in [-0.05, 0) is 0 Å². The molecule has 4 nitrogen and oxygen atoms in total. The Morgan fingerprint density at radius 2 is 2.75 bits per heavy atom. The van der Waals surface area contributed by atoms with Crippen molar-refractivity contribution in [1.29, 1.82) is 0 Å². The zero-order valence-electron chi connectivity index (χ0n) is 4.26. The van der Waals surface area contributed by atoms with Gasteiger partial charge in [-0.15, -0.1) is 5.06 Å². The minimum Gasteiger partial charge on any atom is -0.305 e. The summed E-state index contributed by atoms with van der Waals surface area (Å²) in [6.07, 6.45) is 0.177. The highest BCUT2D eigenvalue weighted by Gasteiger charge is 2.78. The third-order valence-corrected chi connectivity index (χ3v) is 1.76. The number of hydrogen-bond donors (Lipinski definition) is 1. The number of hydroxylamine groups is 2. The van der Waals surface area contributed by atoms with Crippen LogP contribution in [0.15, 0.2) is 0 Å². The van der Waals surface area contributed by atoms with Crippen LogP contribution in [0.4, 0.5) is 0 Å². The molecule has 44 valence electrons. The molecule has 0 amide bonds. The summed E-state index contributed by atoms with van der Waals surface area (Å²) >= 11 is 0. The Hall–Kier alpha value is -0.160. The van der Waals surface area contributed by atoms with Crippen LogP contribution in [-0.4, -0.2) is 30.3 Å². The Morgan fingerprint density at radius 3 is 3.50 bits per heavy atom. The average molecular weight is 114 g/mol. The molecule has 3 unspecified atom stereocenters. The largest absolute Gasteiger partial charge is 0.312 e. The predicted octanol–water partition coefficient (Wildman–Crippen LogP) is -1.15. The Kier molecular flexibility index (Phi) is 0.390. The smallest absolute Gasteiger partial charge is 0.305 e. The van der Waals surface area contributed by atoms with Gasteiger partial charge in [-0.1, -0.05) is 0 Å². The SMILES string of the molecule is C1CN2OC23OC3N1. The number of epoxide rings is 1. The summed E-state index contributed by atoms with van der Waals surface area (Å²) < 4.78 is 5.13. The van der Waals surface area contributed by atoms with Gasteiger partial charge < -0.3 is 4.74 Å². The highest BCUT2D eigenvalue weighted by Crippen LogP contribution is 2.53. The molecule has 0 saturated carbocycles. The van der Waals surface area contributed by atoms with Gasteiger partial charge in [0, 0.05) is 13.1 Å². The van der Waals surface area contributed by atoms with Gasteiger partial charge in [0.05, 0.1) is 0 Å². The fourth-order valence-electron chi connectivity index (χ4n) is 1.20. The second-order valence-corrected chi connectivity index (χ2v) is 2.28. The monoisotopic (exact) mass is 114 g/mol. The van der Waals surface area contributed by atoms with Crippen LogP contribution in [0, 0.1) is 0 Å². The minimum absolute atomic E-state index is 0.177.